The van der Waals surface area contributed by atoms with Crippen molar-refractivity contribution in [3.05, 3.63) is 12.7 Å². The Morgan fingerprint density at radius 2 is 2.15 bits per heavy atom. The predicted molar refractivity (Wildman–Crippen MR) is 51.4 cm³/mol. The lowest BCUT2D eigenvalue weighted by Gasteiger charge is -2.12. The molecule has 0 aromatic rings. The Balaban J connectivity index is 4.36. The van der Waals surface area contributed by atoms with Crippen molar-refractivity contribution in [2.24, 2.45) is 0 Å². The molecule has 0 aromatic heterocycles. The van der Waals surface area contributed by atoms with Crippen LogP contribution in [0.2, 0.25) is 0 Å². The van der Waals surface area contributed by atoms with Crippen LogP contribution in [0.5, 0.6) is 0 Å². The first kappa shape index (κ1) is 12.1. The molecule has 0 heterocycles. The van der Waals surface area contributed by atoms with E-state index in [4.69, 9.17) is 5.26 Å². The van der Waals surface area contributed by atoms with Gasteiger partial charge in [-0.1, -0.05) is 6.08 Å². The molecule has 0 bridgehead atoms. The average Bonchev–Trinajstić information content (AvgIpc) is 2.02. The molecule has 4 nitrogen and oxygen atoms in total. The molecule has 0 radical (unpaired) electrons. The molecule has 0 saturated carbocycles. The van der Waals surface area contributed by atoms with Crippen LogP contribution in [-0.2, 0) is 10.0 Å². The zero-order valence-electron chi connectivity index (χ0n) is 7.82. The van der Waals surface area contributed by atoms with Gasteiger partial charge in [0.25, 0.3) is 0 Å². The van der Waals surface area contributed by atoms with Gasteiger partial charge in [0.2, 0.25) is 10.0 Å². The van der Waals surface area contributed by atoms with Gasteiger partial charge < -0.3 is 0 Å². The number of nitrogens with zero attached hydrogens (tertiary/aromatic N) is 1. The Labute approximate surface area is 79.3 Å². The molecule has 0 fully saturated rings. The third-order valence-corrected chi connectivity index (χ3v) is 3.30. The zero-order valence-corrected chi connectivity index (χ0v) is 8.63. The lowest BCUT2D eigenvalue weighted by molar-refractivity contribution is 0.558. The van der Waals surface area contributed by atoms with Crippen LogP contribution in [0.25, 0.3) is 0 Å². The maximum atomic E-state index is 11.3. The molecule has 0 aliphatic carbocycles. The molecule has 13 heavy (non-hydrogen) atoms. The fraction of sp³-hybridized carbons (Fsp3) is 0.625. The number of rotatable bonds is 5. The lowest BCUT2D eigenvalue weighted by atomic mass is 10.3. The summed E-state index contributed by atoms with van der Waals surface area (Å²) in [6.07, 6.45) is 2.18. The van der Waals surface area contributed by atoms with Crippen LogP contribution >= 0.6 is 0 Å². The van der Waals surface area contributed by atoms with Crippen LogP contribution in [-0.4, -0.2) is 19.7 Å². The molecule has 2 atom stereocenters. The highest BCUT2D eigenvalue weighted by Crippen LogP contribution is 2.00. The Morgan fingerprint density at radius 1 is 1.62 bits per heavy atom. The molecular formula is C8H14N2O2S. The summed E-state index contributed by atoms with van der Waals surface area (Å²) in [5.41, 5.74) is 0. The summed E-state index contributed by atoms with van der Waals surface area (Å²) >= 11 is 0. The van der Waals surface area contributed by atoms with Gasteiger partial charge in [-0.15, -0.1) is 6.58 Å². The van der Waals surface area contributed by atoms with E-state index >= 15 is 0 Å². The molecular weight excluding hydrogens is 188 g/mol. The highest BCUT2D eigenvalue weighted by atomic mass is 32.2. The first-order chi connectivity index (χ1) is 5.94. The summed E-state index contributed by atoms with van der Waals surface area (Å²) in [5.74, 6) is 0. The van der Waals surface area contributed by atoms with Gasteiger partial charge in [0.1, 0.15) is 0 Å². The quantitative estimate of drug-likeness (QED) is 0.670. The zero-order chi connectivity index (χ0) is 10.5. The molecule has 0 spiro atoms. The fourth-order valence-electron chi connectivity index (χ4n) is 0.750. The van der Waals surface area contributed by atoms with E-state index in [1.165, 1.54) is 6.92 Å². The van der Waals surface area contributed by atoms with Gasteiger partial charge in [-0.05, 0) is 20.3 Å². The van der Waals surface area contributed by atoms with Gasteiger partial charge in [0, 0.05) is 6.04 Å². The van der Waals surface area contributed by atoms with E-state index in [0.29, 0.717) is 6.42 Å². The van der Waals surface area contributed by atoms with Crippen LogP contribution < -0.4 is 4.72 Å². The van der Waals surface area contributed by atoms with Crippen molar-refractivity contribution in [3.63, 3.8) is 0 Å². The maximum Gasteiger partial charge on any atom is 0.227 e. The molecule has 0 aliphatic rings. The number of hydrogen-bond acceptors (Lipinski definition) is 3. The summed E-state index contributed by atoms with van der Waals surface area (Å²) < 4.78 is 24.9. The van der Waals surface area contributed by atoms with E-state index in [2.05, 4.69) is 11.3 Å². The minimum Gasteiger partial charge on any atom is -0.211 e. The molecule has 5 heteroatoms. The summed E-state index contributed by atoms with van der Waals surface area (Å²) in [7, 11) is -3.49. The number of sulfonamides is 1. The van der Waals surface area contributed by atoms with E-state index in [1.54, 1.807) is 19.1 Å². The summed E-state index contributed by atoms with van der Waals surface area (Å²) in [4.78, 5) is 0. The highest BCUT2D eigenvalue weighted by Gasteiger charge is 2.21. The average molecular weight is 202 g/mol. The predicted octanol–water partition coefficient (Wildman–Crippen LogP) is 0.782. The second-order valence-electron chi connectivity index (χ2n) is 2.86. The monoisotopic (exact) mass is 202 g/mol. The normalized spacial score (nSPS) is 15.8. The minimum atomic E-state index is -3.49. The maximum absolute atomic E-state index is 11.3. The van der Waals surface area contributed by atoms with Crippen molar-refractivity contribution in [3.8, 4) is 6.07 Å². The summed E-state index contributed by atoms with van der Waals surface area (Å²) in [6.45, 7) is 6.57. The van der Waals surface area contributed by atoms with Gasteiger partial charge >= 0.3 is 0 Å². The van der Waals surface area contributed by atoms with Crippen molar-refractivity contribution in [2.75, 3.05) is 0 Å². The van der Waals surface area contributed by atoms with E-state index in [-0.39, 0.29) is 6.04 Å². The summed E-state index contributed by atoms with van der Waals surface area (Å²) in [5, 5.41) is 7.41. The molecule has 74 valence electrons. The van der Waals surface area contributed by atoms with Crippen LogP contribution in [0, 0.1) is 11.3 Å². The van der Waals surface area contributed by atoms with Crippen molar-refractivity contribution in [1.82, 2.24) is 4.72 Å². The first-order valence-corrected chi connectivity index (χ1v) is 5.50. The minimum absolute atomic E-state index is 0.210. The Bertz CT molecular complexity index is 303. The largest absolute Gasteiger partial charge is 0.227 e. The topological polar surface area (TPSA) is 70.0 Å². The van der Waals surface area contributed by atoms with Gasteiger partial charge in [-0.2, -0.15) is 5.26 Å². The highest BCUT2D eigenvalue weighted by molar-refractivity contribution is 7.90. The van der Waals surface area contributed by atoms with Crippen LogP contribution in [0.3, 0.4) is 0 Å². The SMILES string of the molecule is C=CCC(C)NS(=O)(=O)C(C)C#N. The van der Waals surface area contributed by atoms with Crippen LogP contribution in [0.4, 0.5) is 0 Å². The van der Waals surface area contributed by atoms with Crippen molar-refractivity contribution in [1.29, 1.82) is 5.26 Å². The van der Waals surface area contributed by atoms with Gasteiger partial charge in [0.15, 0.2) is 5.25 Å². The van der Waals surface area contributed by atoms with Gasteiger partial charge in [0.05, 0.1) is 6.07 Å². The van der Waals surface area contributed by atoms with E-state index in [9.17, 15) is 8.42 Å². The van der Waals surface area contributed by atoms with Gasteiger partial charge in [-0.3, -0.25) is 0 Å². The second kappa shape index (κ2) is 5.00. The van der Waals surface area contributed by atoms with Gasteiger partial charge in [-0.25, -0.2) is 13.1 Å². The smallest absolute Gasteiger partial charge is 0.211 e. The number of hydrogen-bond donors (Lipinski definition) is 1. The molecule has 2 unspecified atom stereocenters. The van der Waals surface area contributed by atoms with E-state index in [1.807, 2.05) is 0 Å². The van der Waals surface area contributed by atoms with E-state index < -0.39 is 15.3 Å². The number of nitrogens with one attached hydrogen (secondary N) is 1. The molecule has 0 aliphatic heterocycles. The summed E-state index contributed by atoms with van der Waals surface area (Å²) in [6, 6.07) is 1.47. The molecule has 0 rings (SSSR count). The standard InChI is InChI=1S/C8H14N2O2S/c1-4-5-7(2)10-13(11,12)8(3)6-9/h4,7-8,10H,1,5H2,2-3H3. The van der Waals surface area contributed by atoms with Crippen molar-refractivity contribution < 1.29 is 8.42 Å². The van der Waals surface area contributed by atoms with Crippen molar-refractivity contribution >= 4 is 10.0 Å². The Hall–Kier alpha value is -0.860. The third kappa shape index (κ3) is 4.06. The third-order valence-electron chi connectivity index (χ3n) is 1.53. The Morgan fingerprint density at radius 3 is 2.54 bits per heavy atom. The molecule has 0 aromatic carbocycles. The molecule has 0 saturated heterocycles. The molecule has 1 N–H and O–H groups in total. The fourth-order valence-corrected chi connectivity index (χ4v) is 1.75. The van der Waals surface area contributed by atoms with Crippen LogP contribution in [0.15, 0.2) is 12.7 Å². The molecule has 0 amide bonds. The van der Waals surface area contributed by atoms with Crippen LogP contribution in [0.1, 0.15) is 20.3 Å². The number of nitriles is 1. The Kier molecular flexibility index (Phi) is 4.67. The first-order valence-electron chi connectivity index (χ1n) is 3.95. The lowest BCUT2D eigenvalue weighted by Crippen LogP contribution is -2.37. The van der Waals surface area contributed by atoms with E-state index in [0.717, 1.165) is 0 Å². The van der Waals surface area contributed by atoms with Crippen molar-refractivity contribution in [2.45, 2.75) is 31.6 Å². The second-order valence-corrected chi connectivity index (χ2v) is 4.89.